The molecule has 0 rings (SSSR count). The van der Waals surface area contributed by atoms with Crippen molar-refractivity contribution in [3.05, 3.63) is 24.4 Å². The molecule has 3 heteroatoms. The van der Waals surface area contributed by atoms with E-state index in [0.29, 0.717) is 5.70 Å². The third-order valence-corrected chi connectivity index (χ3v) is 0.846. The molecule has 1 N–H and O–H groups in total. The summed E-state index contributed by atoms with van der Waals surface area (Å²) in [6.45, 7) is 10.6. The molecule has 0 aliphatic carbocycles. The second-order valence-electron chi connectivity index (χ2n) is 1.62. The van der Waals surface area contributed by atoms with Gasteiger partial charge in [-0.3, -0.25) is 9.79 Å². The molecule has 0 amide bonds. The molecule has 0 aromatic carbocycles. The van der Waals surface area contributed by atoms with Crippen molar-refractivity contribution < 1.29 is 9.90 Å². The number of hydrogen-bond acceptors (Lipinski definition) is 2. The van der Waals surface area contributed by atoms with Crippen LogP contribution in [0.3, 0.4) is 0 Å². The van der Waals surface area contributed by atoms with E-state index in [4.69, 9.17) is 5.11 Å². The van der Waals surface area contributed by atoms with Crippen LogP contribution < -0.4 is 0 Å². The Morgan fingerprint density at radius 3 is 2.33 bits per heavy atom. The molecule has 0 unspecified atom stereocenters. The van der Waals surface area contributed by atoms with E-state index in [1.165, 1.54) is 12.2 Å². The van der Waals surface area contributed by atoms with Crippen LogP contribution in [0.4, 0.5) is 0 Å². The SMILES string of the molecule is C=C/C=C(/CC(=O)O)N=C.CC. The third kappa shape index (κ3) is 8.62. The van der Waals surface area contributed by atoms with Crippen molar-refractivity contribution in [3.8, 4) is 0 Å². The zero-order chi connectivity index (χ0) is 9.98. The molecule has 0 fully saturated rings. The summed E-state index contributed by atoms with van der Waals surface area (Å²) in [4.78, 5) is 13.6. The zero-order valence-corrected chi connectivity index (χ0v) is 7.58. The molecule has 0 atom stereocenters. The van der Waals surface area contributed by atoms with Crippen LogP contribution in [0.2, 0.25) is 0 Å². The first-order chi connectivity index (χ1) is 5.70. The van der Waals surface area contributed by atoms with Gasteiger partial charge in [-0.1, -0.05) is 26.5 Å². The van der Waals surface area contributed by atoms with Crippen molar-refractivity contribution in [3.63, 3.8) is 0 Å². The van der Waals surface area contributed by atoms with Crippen LogP contribution in [0.15, 0.2) is 29.4 Å². The minimum absolute atomic E-state index is 0.102. The lowest BCUT2D eigenvalue weighted by atomic mass is 10.3. The van der Waals surface area contributed by atoms with E-state index < -0.39 is 5.97 Å². The Hall–Kier alpha value is -1.38. The molecular weight excluding hydrogens is 154 g/mol. The highest BCUT2D eigenvalue weighted by Crippen LogP contribution is 2.01. The Bertz CT molecular complexity index is 183. The molecule has 0 aromatic heterocycles. The van der Waals surface area contributed by atoms with Gasteiger partial charge >= 0.3 is 5.97 Å². The van der Waals surface area contributed by atoms with E-state index >= 15 is 0 Å². The van der Waals surface area contributed by atoms with E-state index in [1.807, 2.05) is 13.8 Å². The lowest BCUT2D eigenvalue weighted by molar-refractivity contribution is -0.136. The van der Waals surface area contributed by atoms with Crippen LogP contribution in [-0.4, -0.2) is 17.8 Å². The minimum atomic E-state index is -0.916. The number of carboxylic acids is 1. The standard InChI is InChI=1S/C7H9NO2.C2H6/c1-3-4-6(8-2)5-7(9)10;1-2/h3-4H,1-2,5H2,(H,9,10);1-2H3/b6-4-;. The fourth-order valence-corrected chi connectivity index (χ4v) is 0.459. The van der Waals surface area contributed by atoms with Crippen LogP contribution in [0, 0.1) is 0 Å². The Kier molecular flexibility index (Phi) is 10.6. The molecule has 0 saturated carbocycles. The first-order valence-electron chi connectivity index (χ1n) is 3.70. The number of carbonyl (C=O) groups is 1. The average molecular weight is 169 g/mol. The molecule has 0 heterocycles. The van der Waals surface area contributed by atoms with Crippen molar-refractivity contribution in [2.75, 3.05) is 0 Å². The summed E-state index contributed by atoms with van der Waals surface area (Å²) in [5, 5.41) is 8.28. The first-order valence-corrected chi connectivity index (χ1v) is 3.70. The summed E-state index contributed by atoms with van der Waals surface area (Å²) in [5.74, 6) is -0.916. The molecule has 0 aromatic rings. The van der Waals surface area contributed by atoms with E-state index in [-0.39, 0.29) is 6.42 Å². The van der Waals surface area contributed by atoms with Gasteiger partial charge in [-0.15, -0.1) is 0 Å². The minimum Gasteiger partial charge on any atom is -0.481 e. The number of aliphatic carboxylic acids is 1. The molecule has 12 heavy (non-hydrogen) atoms. The van der Waals surface area contributed by atoms with Gasteiger partial charge in [0.1, 0.15) is 0 Å². The maximum atomic E-state index is 10.1. The predicted molar refractivity (Wildman–Crippen MR) is 51.4 cm³/mol. The Labute approximate surface area is 73.1 Å². The van der Waals surface area contributed by atoms with Crippen LogP contribution in [-0.2, 0) is 4.79 Å². The quantitative estimate of drug-likeness (QED) is 0.518. The topological polar surface area (TPSA) is 49.7 Å². The van der Waals surface area contributed by atoms with Crippen molar-refractivity contribution in [1.82, 2.24) is 0 Å². The fourth-order valence-electron chi connectivity index (χ4n) is 0.459. The van der Waals surface area contributed by atoms with Crippen molar-refractivity contribution in [2.45, 2.75) is 20.3 Å². The van der Waals surface area contributed by atoms with Gasteiger partial charge in [0.15, 0.2) is 0 Å². The summed E-state index contributed by atoms with van der Waals surface area (Å²) in [7, 11) is 0. The molecule has 3 nitrogen and oxygen atoms in total. The fraction of sp³-hybridized carbons (Fsp3) is 0.333. The van der Waals surface area contributed by atoms with Gasteiger partial charge in [-0.2, -0.15) is 0 Å². The van der Waals surface area contributed by atoms with Crippen molar-refractivity contribution in [2.24, 2.45) is 4.99 Å². The van der Waals surface area contributed by atoms with Gasteiger partial charge in [-0.05, 0) is 12.8 Å². The summed E-state index contributed by atoms with van der Waals surface area (Å²) in [5.41, 5.74) is 0.419. The van der Waals surface area contributed by atoms with E-state index in [9.17, 15) is 4.79 Å². The maximum Gasteiger partial charge on any atom is 0.309 e. The summed E-state index contributed by atoms with van der Waals surface area (Å²) < 4.78 is 0. The van der Waals surface area contributed by atoms with Crippen LogP contribution in [0.25, 0.3) is 0 Å². The molecule has 0 aliphatic heterocycles. The molecular formula is C9H15NO2. The van der Waals surface area contributed by atoms with Crippen LogP contribution in [0.1, 0.15) is 20.3 Å². The maximum absolute atomic E-state index is 10.1. The lowest BCUT2D eigenvalue weighted by Gasteiger charge is -1.91. The van der Waals surface area contributed by atoms with Crippen LogP contribution in [0.5, 0.6) is 0 Å². The Morgan fingerprint density at radius 2 is 2.08 bits per heavy atom. The zero-order valence-electron chi connectivity index (χ0n) is 7.58. The van der Waals surface area contributed by atoms with E-state index in [0.717, 1.165) is 0 Å². The van der Waals surface area contributed by atoms with Gasteiger partial charge in [0, 0.05) is 0 Å². The smallest absolute Gasteiger partial charge is 0.309 e. The number of aliphatic imine (C=N–C) groups is 1. The predicted octanol–water partition coefficient (Wildman–Crippen LogP) is 2.26. The Balaban J connectivity index is 0. The van der Waals surface area contributed by atoms with Gasteiger partial charge in [0.2, 0.25) is 0 Å². The normalized spacial score (nSPS) is 9.33. The first kappa shape index (κ1) is 13.2. The Morgan fingerprint density at radius 1 is 1.58 bits per heavy atom. The molecule has 0 radical (unpaired) electrons. The molecule has 0 saturated heterocycles. The highest BCUT2D eigenvalue weighted by molar-refractivity contribution is 5.70. The molecule has 68 valence electrons. The number of rotatable bonds is 4. The van der Waals surface area contributed by atoms with Crippen molar-refractivity contribution in [1.29, 1.82) is 0 Å². The second-order valence-corrected chi connectivity index (χ2v) is 1.62. The number of allylic oxidation sites excluding steroid dienone is 2. The summed E-state index contributed by atoms with van der Waals surface area (Å²) >= 11 is 0. The largest absolute Gasteiger partial charge is 0.481 e. The van der Waals surface area contributed by atoms with Crippen molar-refractivity contribution >= 4 is 12.7 Å². The molecule has 0 aliphatic rings. The van der Waals surface area contributed by atoms with Gasteiger partial charge in [-0.25, -0.2) is 0 Å². The average Bonchev–Trinajstić information content (AvgIpc) is 2.07. The molecule has 0 bridgehead atoms. The third-order valence-electron chi connectivity index (χ3n) is 0.846. The van der Waals surface area contributed by atoms with Crippen LogP contribution >= 0.6 is 0 Å². The highest BCUT2D eigenvalue weighted by Gasteiger charge is 1.98. The monoisotopic (exact) mass is 169 g/mol. The lowest BCUT2D eigenvalue weighted by Crippen LogP contribution is -1.94. The number of hydrogen-bond donors (Lipinski definition) is 1. The summed E-state index contributed by atoms with van der Waals surface area (Å²) in [6.07, 6.45) is 2.89. The van der Waals surface area contributed by atoms with Gasteiger partial charge in [0.05, 0.1) is 12.1 Å². The summed E-state index contributed by atoms with van der Waals surface area (Å²) in [6, 6.07) is 0. The van der Waals surface area contributed by atoms with E-state index in [2.05, 4.69) is 18.3 Å². The van der Waals surface area contributed by atoms with Gasteiger partial charge in [0.25, 0.3) is 0 Å². The number of nitrogens with zero attached hydrogens (tertiary/aromatic N) is 1. The molecule has 0 spiro atoms. The number of carboxylic acid groups (broad SMARTS) is 1. The van der Waals surface area contributed by atoms with E-state index in [1.54, 1.807) is 0 Å². The second kappa shape index (κ2) is 9.62. The van der Waals surface area contributed by atoms with Gasteiger partial charge < -0.3 is 5.11 Å². The highest BCUT2D eigenvalue weighted by atomic mass is 16.4.